The van der Waals surface area contributed by atoms with Gasteiger partial charge < -0.3 is 24.2 Å². The van der Waals surface area contributed by atoms with Gasteiger partial charge >= 0.3 is 25.7 Å². The summed E-state index contributed by atoms with van der Waals surface area (Å²) < 4.78 is 39.6. The fourth-order valence-corrected chi connectivity index (χ4v) is 9.58. The van der Waals surface area contributed by atoms with Crippen LogP contribution in [0.1, 0.15) is 290 Å². The summed E-state index contributed by atoms with van der Waals surface area (Å²) in [6, 6.07) is 0. The van der Waals surface area contributed by atoms with Crippen molar-refractivity contribution in [3.8, 4) is 0 Å². The minimum atomic E-state index is -4.76. The van der Waals surface area contributed by atoms with Gasteiger partial charge in [-0.1, -0.05) is 261 Å². The number of unbranched alkanes of at least 4 members (excludes halogenated alkanes) is 30. The molecule has 3 unspecified atom stereocenters. The number of allylic oxidation sites excluding steroid dienone is 12. The summed E-state index contributed by atoms with van der Waals surface area (Å²) in [6.07, 6.45) is 68.6. The molecule has 0 saturated heterocycles. The molecule has 3 atom stereocenters. The van der Waals surface area contributed by atoms with Crippen molar-refractivity contribution < 1.29 is 52.2 Å². The van der Waals surface area contributed by atoms with E-state index in [9.17, 15) is 28.9 Å². The molecule has 0 fully saturated rings. The largest absolute Gasteiger partial charge is 0.472 e. The molecule has 78 heavy (non-hydrogen) atoms. The number of rotatable bonds is 59. The summed E-state index contributed by atoms with van der Waals surface area (Å²) in [6.45, 7) is 4.51. The number of hydrogen-bond donors (Lipinski definition) is 2. The fourth-order valence-electron chi connectivity index (χ4n) is 8.80. The van der Waals surface area contributed by atoms with E-state index < -0.39 is 57.8 Å². The molecule has 0 aromatic rings. The van der Waals surface area contributed by atoms with Crippen LogP contribution in [0.15, 0.2) is 72.9 Å². The van der Waals surface area contributed by atoms with E-state index in [1.807, 2.05) is 6.08 Å². The quantitative estimate of drug-likeness (QED) is 0.0197. The van der Waals surface area contributed by atoms with E-state index in [0.29, 0.717) is 25.7 Å². The van der Waals surface area contributed by atoms with Crippen molar-refractivity contribution in [2.45, 2.75) is 303 Å². The van der Waals surface area contributed by atoms with Crippen LogP contribution < -0.4 is 0 Å². The van der Waals surface area contributed by atoms with Crippen molar-refractivity contribution in [2.75, 3.05) is 26.4 Å². The van der Waals surface area contributed by atoms with Gasteiger partial charge in [-0.3, -0.25) is 23.4 Å². The molecule has 0 saturated carbocycles. The molecule has 0 aromatic carbocycles. The van der Waals surface area contributed by atoms with Gasteiger partial charge in [-0.25, -0.2) is 4.57 Å². The number of phosphoric ester groups is 1. The Balaban J connectivity index is 4.76. The third-order valence-electron chi connectivity index (χ3n) is 13.6. The van der Waals surface area contributed by atoms with Crippen LogP contribution in [-0.4, -0.2) is 66.5 Å². The number of hydrogen-bond acceptors (Lipinski definition) is 10. The van der Waals surface area contributed by atoms with Crippen LogP contribution in [0.4, 0.5) is 0 Å². The first-order valence-electron chi connectivity index (χ1n) is 31.8. The number of phosphoric acid groups is 1. The Kier molecular flexibility index (Phi) is 57.7. The van der Waals surface area contributed by atoms with Crippen molar-refractivity contribution in [3.63, 3.8) is 0 Å². The number of aliphatic hydroxyl groups is 1. The molecule has 0 rings (SSSR count). The Morgan fingerprint density at radius 3 is 1.08 bits per heavy atom. The second-order valence-corrected chi connectivity index (χ2v) is 22.7. The van der Waals surface area contributed by atoms with Crippen LogP contribution in [-0.2, 0) is 42.2 Å². The SMILES string of the molecule is CC/C=C\C/C=C\C/C=C\C/C=C\C/C=C\CCCC(=O)OCC(COP(=O)(O)OCC(CO)OC(=O)CCCCCCCCCCCCCCCCC)OC(=O)CCCCCCCCCCC/C=C\CCCCCCCC. The molecule has 0 aliphatic rings. The average Bonchev–Trinajstić information content (AvgIpc) is 3.43. The Bertz CT molecular complexity index is 1590. The molecule has 0 radical (unpaired) electrons. The Labute approximate surface area is 478 Å². The molecule has 0 spiro atoms. The van der Waals surface area contributed by atoms with Crippen LogP contribution >= 0.6 is 7.82 Å². The van der Waals surface area contributed by atoms with E-state index >= 15 is 0 Å². The highest BCUT2D eigenvalue weighted by Gasteiger charge is 2.28. The van der Waals surface area contributed by atoms with Crippen molar-refractivity contribution in [1.29, 1.82) is 0 Å². The molecule has 2 N–H and O–H groups in total. The standard InChI is InChI=1S/C66H117O11P/c1-4-7-10-13-16-19-22-25-28-30-31-33-36-39-42-45-48-51-54-57-66(70)77-63(59-73-64(68)55-52-49-46-43-40-37-35-32-29-26-23-20-17-14-11-8-5-2)61-75-78(71,72)74-60-62(58-67)76-65(69)56-53-50-47-44-41-38-34-27-24-21-18-15-12-9-6-3/h8,11,17,20,25-26,28-29,35,37,43,46,62-63,67H,4-7,9-10,12-16,18-19,21-24,27,30-34,36,38-42,44-45,47-61H2,1-3H3,(H,71,72)/b11-8-,20-17-,28-25-,29-26-,37-35-,46-43-. The van der Waals surface area contributed by atoms with Crippen molar-refractivity contribution >= 4 is 25.7 Å². The molecule has 0 heterocycles. The monoisotopic (exact) mass is 1120 g/mol. The van der Waals surface area contributed by atoms with Crippen molar-refractivity contribution in [1.82, 2.24) is 0 Å². The van der Waals surface area contributed by atoms with Gasteiger partial charge in [-0.15, -0.1) is 0 Å². The molecule has 0 aliphatic carbocycles. The first-order chi connectivity index (χ1) is 38.2. The van der Waals surface area contributed by atoms with Gasteiger partial charge in [0, 0.05) is 19.3 Å². The maximum Gasteiger partial charge on any atom is 0.472 e. The summed E-state index contributed by atoms with van der Waals surface area (Å²) in [4.78, 5) is 48.7. The van der Waals surface area contributed by atoms with E-state index in [0.717, 1.165) is 70.6 Å². The predicted molar refractivity (Wildman–Crippen MR) is 325 cm³/mol. The van der Waals surface area contributed by atoms with Gasteiger partial charge in [0.2, 0.25) is 0 Å². The van der Waals surface area contributed by atoms with Gasteiger partial charge in [0.05, 0.1) is 19.8 Å². The lowest BCUT2D eigenvalue weighted by atomic mass is 10.0. The van der Waals surface area contributed by atoms with E-state index in [1.54, 1.807) is 0 Å². The second-order valence-electron chi connectivity index (χ2n) is 21.2. The first kappa shape index (κ1) is 74.9. The smallest absolute Gasteiger partial charge is 0.462 e. The highest BCUT2D eigenvalue weighted by molar-refractivity contribution is 7.47. The molecule has 0 amide bonds. The number of carbonyl (C=O) groups excluding carboxylic acids is 3. The molecular weight excluding hydrogens is 1000 g/mol. The zero-order chi connectivity index (χ0) is 56.9. The first-order valence-corrected chi connectivity index (χ1v) is 33.3. The minimum Gasteiger partial charge on any atom is -0.462 e. The summed E-state index contributed by atoms with van der Waals surface area (Å²) in [5, 5.41) is 9.84. The summed E-state index contributed by atoms with van der Waals surface area (Å²) >= 11 is 0. The Morgan fingerprint density at radius 2 is 0.679 bits per heavy atom. The number of carbonyl (C=O) groups is 3. The maximum atomic E-state index is 12.9. The van der Waals surface area contributed by atoms with E-state index in [-0.39, 0.29) is 25.9 Å². The molecule has 0 aliphatic heterocycles. The zero-order valence-electron chi connectivity index (χ0n) is 50.1. The van der Waals surface area contributed by atoms with Crippen LogP contribution in [0.2, 0.25) is 0 Å². The van der Waals surface area contributed by atoms with E-state index in [2.05, 4.69) is 87.6 Å². The molecule has 0 bridgehead atoms. The third kappa shape index (κ3) is 57.6. The zero-order valence-corrected chi connectivity index (χ0v) is 51.0. The lowest BCUT2D eigenvalue weighted by Gasteiger charge is -2.21. The topological polar surface area (TPSA) is 155 Å². The molecule has 0 aromatic heterocycles. The van der Waals surface area contributed by atoms with Crippen molar-refractivity contribution in [2.24, 2.45) is 0 Å². The molecular formula is C66H117O11P. The van der Waals surface area contributed by atoms with E-state index in [1.165, 1.54) is 154 Å². The van der Waals surface area contributed by atoms with Gasteiger partial charge in [0.15, 0.2) is 6.10 Å². The van der Waals surface area contributed by atoms with Gasteiger partial charge in [0.1, 0.15) is 12.7 Å². The van der Waals surface area contributed by atoms with Crippen LogP contribution in [0.5, 0.6) is 0 Å². The minimum absolute atomic E-state index is 0.148. The summed E-state index contributed by atoms with van der Waals surface area (Å²) in [5.74, 6) is -1.52. The predicted octanol–water partition coefficient (Wildman–Crippen LogP) is 19.3. The van der Waals surface area contributed by atoms with Gasteiger partial charge in [-0.2, -0.15) is 0 Å². The number of esters is 3. The normalized spacial score (nSPS) is 13.8. The average molecular weight is 1120 g/mol. The highest BCUT2D eigenvalue weighted by Crippen LogP contribution is 2.43. The van der Waals surface area contributed by atoms with Crippen LogP contribution in [0.3, 0.4) is 0 Å². The summed E-state index contributed by atoms with van der Waals surface area (Å²) in [7, 11) is -4.76. The summed E-state index contributed by atoms with van der Waals surface area (Å²) in [5.41, 5.74) is 0. The van der Waals surface area contributed by atoms with Gasteiger partial charge in [-0.05, 0) is 83.5 Å². The Morgan fingerprint density at radius 1 is 0.372 bits per heavy atom. The molecule has 11 nitrogen and oxygen atoms in total. The van der Waals surface area contributed by atoms with Crippen LogP contribution in [0.25, 0.3) is 0 Å². The number of ether oxygens (including phenoxy) is 3. The fraction of sp³-hybridized carbons (Fsp3) is 0.773. The van der Waals surface area contributed by atoms with Gasteiger partial charge in [0.25, 0.3) is 0 Å². The molecule has 452 valence electrons. The van der Waals surface area contributed by atoms with Crippen LogP contribution in [0, 0.1) is 0 Å². The third-order valence-corrected chi connectivity index (χ3v) is 14.6. The van der Waals surface area contributed by atoms with Crippen molar-refractivity contribution in [3.05, 3.63) is 72.9 Å². The maximum absolute atomic E-state index is 12.9. The number of aliphatic hydroxyl groups excluding tert-OH is 1. The second kappa shape index (κ2) is 60.0. The van der Waals surface area contributed by atoms with E-state index in [4.69, 9.17) is 23.3 Å². The highest BCUT2D eigenvalue weighted by atomic mass is 31.2. The lowest BCUT2D eigenvalue weighted by molar-refractivity contribution is -0.161. The molecule has 12 heteroatoms. The Hall–Kier alpha value is -3.08. The lowest BCUT2D eigenvalue weighted by Crippen LogP contribution is -2.30.